The molecule has 1 unspecified atom stereocenters. The largest absolute Gasteiger partial charge is 0.480 e. The van der Waals surface area contributed by atoms with E-state index in [1.807, 2.05) is 11.5 Å². The molecule has 0 amide bonds. The predicted molar refractivity (Wildman–Crippen MR) is 99.0 cm³/mol. The van der Waals surface area contributed by atoms with Crippen LogP contribution in [-0.4, -0.2) is 39.2 Å². The predicted octanol–water partition coefficient (Wildman–Crippen LogP) is 3.22. The summed E-state index contributed by atoms with van der Waals surface area (Å²) in [4.78, 5) is 8.48. The molecular formula is C18H15ClN4O5. The SMILES string of the molecule is COc1ncc(-c2nc(-c3ccc4oc(C(CO)NO)cc4c3)no2)cc1Cl. The Morgan fingerprint density at radius 1 is 1.25 bits per heavy atom. The molecule has 4 rings (SSSR count). The Kier molecular flexibility index (Phi) is 4.97. The van der Waals surface area contributed by atoms with Gasteiger partial charge in [0, 0.05) is 17.1 Å². The highest BCUT2D eigenvalue weighted by atomic mass is 35.5. The maximum Gasteiger partial charge on any atom is 0.259 e. The van der Waals surface area contributed by atoms with Gasteiger partial charge >= 0.3 is 0 Å². The molecule has 0 bridgehead atoms. The highest BCUT2D eigenvalue weighted by Gasteiger charge is 2.17. The van der Waals surface area contributed by atoms with Gasteiger partial charge in [0.2, 0.25) is 11.7 Å². The number of fused-ring (bicyclic) bond motifs is 1. The van der Waals surface area contributed by atoms with Crippen LogP contribution in [0.4, 0.5) is 0 Å². The summed E-state index contributed by atoms with van der Waals surface area (Å²) < 4.78 is 16.0. The second-order valence-electron chi connectivity index (χ2n) is 5.90. The lowest BCUT2D eigenvalue weighted by molar-refractivity contribution is 0.0810. The lowest BCUT2D eigenvalue weighted by Gasteiger charge is -2.06. The maximum atomic E-state index is 9.26. The molecular weight excluding hydrogens is 388 g/mol. The van der Waals surface area contributed by atoms with Crippen LogP contribution in [-0.2, 0) is 0 Å². The van der Waals surface area contributed by atoms with Crippen molar-refractivity contribution < 1.29 is 24.0 Å². The molecule has 4 aromatic rings. The molecule has 0 fully saturated rings. The molecule has 28 heavy (non-hydrogen) atoms. The van der Waals surface area contributed by atoms with Crippen LogP contribution in [0.2, 0.25) is 5.02 Å². The van der Waals surface area contributed by atoms with Crippen molar-refractivity contribution in [2.24, 2.45) is 0 Å². The van der Waals surface area contributed by atoms with Gasteiger partial charge in [0.15, 0.2) is 0 Å². The maximum absolute atomic E-state index is 9.26. The monoisotopic (exact) mass is 402 g/mol. The van der Waals surface area contributed by atoms with Crippen molar-refractivity contribution in [3.8, 4) is 28.7 Å². The first kappa shape index (κ1) is 18.4. The second kappa shape index (κ2) is 7.56. The normalized spacial score (nSPS) is 12.4. The molecule has 0 saturated carbocycles. The summed E-state index contributed by atoms with van der Waals surface area (Å²) in [5, 5.41) is 23.4. The molecule has 0 spiro atoms. The summed E-state index contributed by atoms with van der Waals surface area (Å²) in [6, 6.07) is 8.00. The number of benzene rings is 1. The van der Waals surface area contributed by atoms with E-state index in [9.17, 15) is 5.11 Å². The molecule has 0 aliphatic heterocycles. The minimum absolute atomic E-state index is 0.268. The minimum Gasteiger partial charge on any atom is -0.480 e. The first-order valence-corrected chi connectivity index (χ1v) is 8.58. The van der Waals surface area contributed by atoms with Crippen LogP contribution >= 0.6 is 11.6 Å². The Bertz CT molecular complexity index is 1120. The quantitative estimate of drug-likeness (QED) is 0.416. The first-order chi connectivity index (χ1) is 13.6. The molecule has 0 saturated heterocycles. The van der Waals surface area contributed by atoms with E-state index in [0.717, 1.165) is 5.39 Å². The number of hydrogen-bond donors (Lipinski definition) is 3. The molecule has 3 heterocycles. The van der Waals surface area contributed by atoms with Crippen LogP contribution < -0.4 is 10.2 Å². The van der Waals surface area contributed by atoms with Gasteiger partial charge in [0.25, 0.3) is 5.89 Å². The first-order valence-electron chi connectivity index (χ1n) is 8.21. The molecule has 0 aliphatic carbocycles. The van der Waals surface area contributed by atoms with E-state index in [0.29, 0.717) is 39.2 Å². The van der Waals surface area contributed by atoms with Crippen LogP contribution in [0.15, 0.2) is 45.5 Å². The van der Waals surface area contributed by atoms with Gasteiger partial charge in [-0.3, -0.25) is 0 Å². The molecule has 0 aliphatic rings. The van der Waals surface area contributed by atoms with E-state index in [-0.39, 0.29) is 12.5 Å². The van der Waals surface area contributed by atoms with Crippen LogP contribution in [0.5, 0.6) is 5.88 Å². The number of nitrogens with one attached hydrogen (secondary N) is 1. The van der Waals surface area contributed by atoms with Gasteiger partial charge < -0.3 is 24.0 Å². The van der Waals surface area contributed by atoms with Crippen molar-refractivity contribution in [3.63, 3.8) is 0 Å². The smallest absolute Gasteiger partial charge is 0.259 e. The summed E-state index contributed by atoms with van der Waals surface area (Å²) in [6.07, 6.45) is 1.53. The van der Waals surface area contributed by atoms with Gasteiger partial charge in [-0.05, 0) is 30.3 Å². The Balaban J connectivity index is 1.66. The summed E-state index contributed by atoms with van der Waals surface area (Å²) in [5.74, 6) is 1.37. The Morgan fingerprint density at radius 3 is 2.82 bits per heavy atom. The summed E-state index contributed by atoms with van der Waals surface area (Å²) >= 11 is 6.09. The number of aliphatic hydroxyl groups is 1. The number of rotatable bonds is 6. The van der Waals surface area contributed by atoms with E-state index in [1.54, 1.807) is 24.3 Å². The van der Waals surface area contributed by atoms with E-state index in [1.165, 1.54) is 13.3 Å². The molecule has 144 valence electrons. The summed E-state index contributed by atoms with van der Waals surface area (Å²) in [5.41, 5.74) is 3.87. The fraction of sp³-hybridized carbons (Fsp3) is 0.167. The summed E-state index contributed by atoms with van der Waals surface area (Å²) in [6.45, 7) is -0.310. The highest BCUT2D eigenvalue weighted by Crippen LogP contribution is 2.30. The number of ether oxygens (including phenoxy) is 1. The van der Waals surface area contributed by atoms with Crippen LogP contribution in [0, 0.1) is 0 Å². The van der Waals surface area contributed by atoms with E-state index in [4.69, 9.17) is 30.5 Å². The van der Waals surface area contributed by atoms with Crippen molar-refractivity contribution in [3.05, 3.63) is 47.3 Å². The van der Waals surface area contributed by atoms with Crippen molar-refractivity contribution in [1.29, 1.82) is 0 Å². The third-order valence-corrected chi connectivity index (χ3v) is 4.42. The van der Waals surface area contributed by atoms with E-state index >= 15 is 0 Å². The zero-order valence-corrected chi connectivity index (χ0v) is 15.3. The van der Waals surface area contributed by atoms with Crippen molar-refractivity contribution in [1.82, 2.24) is 20.6 Å². The van der Waals surface area contributed by atoms with Crippen molar-refractivity contribution in [2.45, 2.75) is 6.04 Å². The van der Waals surface area contributed by atoms with Crippen LogP contribution in [0.3, 0.4) is 0 Å². The Labute approximate surface area is 163 Å². The van der Waals surface area contributed by atoms with Gasteiger partial charge in [-0.25, -0.2) is 4.98 Å². The molecule has 1 atom stereocenters. The number of methoxy groups -OCH3 is 1. The molecule has 3 aromatic heterocycles. The lowest BCUT2D eigenvalue weighted by Crippen LogP contribution is -2.19. The number of furan rings is 1. The fourth-order valence-corrected chi connectivity index (χ4v) is 2.96. The third-order valence-electron chi connectivity index (χ3n) is 4.15. The number of hydrogen-bond acceptors (Lipinski definition) is 9. The van der Waals surface area contributed by atoms with Crippen LogP contribution in [0.25, 0.3) is 33.8 Å². The third kappa shape index (κ3) is 3.32. The minimum atomic E-state index is -0.708. The average Bonchev–Trinajstić information content (AvgIpc) is 3.35. The topological polar surface area (TPSA) is 127 Å². The molecule has 9 nitrogen and oxygen atoms in total. The standard InChI is InChI=1S/C18H15ClN4O5/c1-26-18-12(19)5-11(7-20-18)17-21-16(23-28-17)9-2-3-14-10(4-9)6-15(27-14)13(8-24)22-25/h2-7,13,22,24-25H,8H2,1H3. The number of aliphatic hydroxyl groups excluding tert-OH is 1. The molecule has 3 N–H and O–H groups in total. The number of halogens is 1. The van der Waals surface area contributed by atoms with Crippen molar-refractivity contribution in [2.75, 3.05) is 13.7 Å². The van der Waals surface area contributed by atoms with Gasteiger partial charge in [-0.2, -0.15) is 10.5 Å². The van der Waals surface area contributed by atoms with E-state index in [2.05, 4.69) is 15.1 Å². The Morgan fingerprint density at radius 2 is 2.11 bits per heavy atom. The van der Waals surface area contributed by atoms with Gasteiger partial charge in [0.1, 0.15) is 22.4 Å². The van der Waals surface area contributed by atoms with Crippen molar-refractivity contribution >= 4 is 22.6 Å². The zero-order chi connectivity index (χ0) is 19.7. The number of hydroxylamine groups is 1. The average molecular weight is 403 g/mol. The highest BCUT2D eigenvalue weighted by molar-refractivity contribution is 6.32. The Hall–Kier alpha value is -2.98. The van der Waals surface area contributed by atoms with Gasteiger partial charge in [0.05, 0.1) is 19.3 Å². The zero-order valence-electron chi connectivity index (χ0n) is 14.6. The fourth-order valence-electron chi connectivity index (χ4n) is 2.72. The lowest BCUT2D eigenvalue weighted by atomic mass is 10.1. The van der Waals surface area contributed by atoms with E-state index < -0.39 is 6.04 Å². The second-order valence-corrected chi connectivity index (χ2v) is 6.31. The number of aromatic nitrogens is 3. The molecule has 10 heteroatoms. The molecule has 1 aromatic carbocycles. The van der Waals surface area contributed by atoms with Gasteiger partial charge in [-0.15, -0.1) is 0 Å². The number of pyridine rings is 1. The van der Waals surface area contributed by atoms with Gasteiger partial charge in [-0.1, -0.05) is 16.8 Å². The van der Waals surface area contributed by atoms with Crippen LogP contribution in [0.1, 0.15) is 11.8 Å². The summed E-state index contributed by atoms with van der Waals surface area (Å²) in [7, 11) is 1.48. The number of nitrogens with zero attached hydrogens (tertiary/aromatic N) is 3. The molecule has 0 radical (unpaired) electrons.